The van der Waals surface area contributed by atoms with E-state index in [1.54, 1.807) is 5.57 Å². The van der Waals surface area contributed by atoms with Gasteiger partial charge < -0.3 is 0 Å². The van der Waals surface area contributed by atoms with Gasteiger partial charge in [0.25, 0.3) is 0 Å². The summed E-state index contributed by atoms with van der Waals surface area (Å²) < 4.78 is 0. The highest BCUT2D eigenvalue weighted by Crippen LogP contribution is 2.27. The van der Waals surface area contributed by atoms with Crippen molar-refractivity contribution in [3.8, 4) is 0 Å². The average Bonchev–Trinajstić information content (AvgIpc) is 2.12. The molecule has 0 N–H and O–H groups in total. The van der Waals surface area contributed by atoms with Crippen molar-refractivity contribution in [3.05, 3.63) is 23.8 Å². The lowest BCUT2D eigenvalue weighted by Crippen LogP contribution is -2.20. The summed E-state index contributed by atoms with van der Waals surface area (Å²) in [5.74, 6) is 0.710. The summed E-state index contributed by atoms with van der Waals surface area (Å²) in [6.45, 7) is 9.58. The highest BCUT2D eigenvalue weighted by molar-refractivity contribution is 6.76. The second-order valence-corrected chi connectivity index (χ2v) is 10.1. The minimum atomic E-state index is -0.872. The summed E-state index contributed by atoms with van der Waals surface area (Å²) in [6, 6.07) is 1.36. The van der Waals surface area contributed by atoms with E-state index >= 15 is 0 Å². The Hall–Kier alpha value is -0.303. The van der Waals surface area contributed by atoms with E-state index in [9.17, 15) is 0 Å². The van der Waals surface area contributed by atoms with Gasteiger partial charge in [0.1, 0.15) is 0 Å². The molecule has 0 spiro atoms. The zero-order valence-corrected chi connectivity index (χ0v) is 9.02. The SMILES string of the molecule is CC1C=CC=C1C[Si](C)(C)C. The lowest BCUT2D eigenvalue weighted by Gasteiger charge is -2.19. The third kappa shape index (κ3) is 2.66. The fraction of sp³-hybridized carbons (Fsp3) is 0.600. The molecule has 0 aromatic carbocycles. The molecule has 1 atom stereocenters. The molecule has 1 heteroatoms. The molecule has 0 saturated carbocycles. The van der Waals surface area contributed by atoms with Crippen molar-refractivity contribution in [1.82, 2.24) is 0 Å². The van der Waals surface area contributed by atoms with E-state index in [1.807, 2.05) is 0 Å². The van der Waals surface area contributed by atoms with Gasteiger partial charge in [-0.1, -0.05) is 50.4 Å². The van der Waals surface area contributed by atoms with Gasteiger partial charge in [-0.25, -0.2) is 0 Å². The van der Waals surface area contributed by atoms with Crippen molar-refractivity contribution in [2.24, 2.45) is 5.92 Å². The summed E-state index contributed by atoms with van der Waals surface area (Å²) in [7, 11) is -0.872. The Balaban J connectivity index is 2.53. The van der Waals surface area contributed by atoms with E-state index in [0.717, 1.165) is 0 Å². The van der Waals surface area contributed by atoms with Crippen LogP contribution in [0, 0.1) is 5.92 Å². The molecule has 0 amide bonds. The number of allylic oxidation sites excluding steroid dienone is 4. The molecular formula is C10H18Si. The molecule has 1 unspecified atom stereocenters. The van der Waals surface area contributed by atoms with Crippen molar-refractivity contribution in [2.75, 3.05) is 0 Å². The fourth-order valence-corrected chi connectivity index (χ4v) is 3.12. The number of rotatable bonds is 2. The van der Waals surface area contributed by atoms with Crippen LogP contribution in [0.2, 0.25) is 25.7 Å². The summed E-state index contributed by atoms with van der Waals surface area (Å²) in [6.07, 6.45) is 6.78. The minimum Gasteiger partial charge on any atom is -0.0776 e. The molecule has 0 fully saturated rings. The molecule has 0 bridgehead atoms. The van der Waals surface area contributed by atoms with Crippen molar-refractivity contribution < 1.29 is 0 Å². The van der Waals surface area contributed by atoms with E-state index in [-0.39, 0.29) is 0 Å². The maximum absolute atomic E-state index is 2.43. The average molecular weight is 166 g/mol. The third-order valence-corrected chi connectivity index (χ3v) is 3.50. The zero-order chi connectivity index (χ0) is 8.48. The Morgan fingerprint density at radius 2 is 2.00 bits per heavy atom. The summed E-state index contributed by atoms with van der Waals surface area (Å²) in [5, 5.41) is 0. The van der Waals surface area contributed by atoms with Crippen molar-refractivity contribution >= 4 is 8.07 Å². The van der Waals surface area contributed by atoms with Crippen molar-refractivity contribution in [3.63, 3.8) is 0 Å². The molecule has 62 valence electrons. The second-order valence-electron chi connectivity index (χ2n) is 4.65. The first kappa shape index (κ1) is 8.79. The predicted molar refractivity (Wildman–Crippen MR) is 54.5 cm³/mol. The number of hydrogen-bond acceptors (Lipinski definition) is 0. The smallest absolute Gasteiger partial charge is 0.0483 e. The normalized spacial score (nSPS) is 24.0. The van der Waals surface area contributed by atoms with Crippen LogP contribution in [0.5, 0.6) is 0 Å². The van der Waals surface area contributed by atoms with E-state index in [0.29, 0.717) is 5.92 Å². The van der Waals surface area contributed by atoms with Crippen LogP contribution in [0.4, 0.5) is 0 Å². The van der Waals surface area contributed by atoms with Crippen LogP contribution in [0.3, 0.4) is 0 Å². The molecule has 0 radical (unpaired) electrons. The van der Waals surface area contributed by atoms with Gasteiger partial charge in [0.15, 0.2) is 0 Å². The van der Waals surface area contributed by atoms with E-state index in [2.05, 4.69) is 44.8 Å². The molecule has 0 heterocycles. The summed E-state index contributed by atoms with van der Waals surface area (Å²) >= 11 is 0. The highest BCUT2D eigenvalue weighted by Gasteiger charge is 2.19. The third-order valence-electron chi connectivity index (χ3n) is 2.03. The Morgan fingerprint density at radius 3 is 2.36 bits per heavy atom. The quantitative estimate of drug-likeness (QED) is 0.551. The van der Waals surface area contributed by atoms with Crippen LogP contribution >= 0.6 is 0 Å². The van der Waals surface area contributed by atoms with Crippen LogP contribution in [0.25, 0.3) is 0 Å². The highest BCUT2D eigenvalue weighted by atomic mass is 28.3. The second kappa shape index (κ2) is 2.98. The Labute approximate surface area is 71.0 Å². The first-order valence-corrected chi connectivity index (χ1v) is 8.07. The van der Waals surface area contributed by atoms with Gasteiger partial charge in [0.05, 0.1) is 0 Å². The van der Waals surface area contributed by atoms with E-state index in [4.69, 9.17) is 0 Å². The van der Waals surface area contributed by atoms with E-state index < -0.39 is 8.07 Å². The Morgan fingerprint density at radius 1 is 1.36 bits per heavy atom. The molecule has 0 nitrogen and oxygen atoms in total. The zero-order valence-electron chi connectivity index (χ0n) is 8.02. The topological polar surface area (TPSA) is 0 Å². The van der Waals surface area contributed by atoms with Crippen molar-refractivity contribution in [1.29, 1.82) is 0 Å². The molecule has 1 aliphatic carbocycles. The van der Waals surface area contributed by atoms with Gasteiger partial charge in [-0.2, -0.15) is 0 Å². The van der Waals surface area contributed by atoms with E-state index in [1.165, 1.54) is 6.04 Å². The maximum Gasteiger partial charge on any atom is 0.0483 e. The monoisotopic (exact) mass is 166 g/mol. The molecule has 11 heavy (non-hydrogen) atoms. The molecule has 0 aromatic heterocycles. The van der Waals surface area contributed by atoms with Gasteiger partial charge in [0, 0.05) is 8.07 Å². The Kier molecular flexibility index (Phi) is 2.38. The molecule has 0 aliphatic heterocycles. The van der Waals surface area contributed by atoms with Gasteiger partial charge in [-0.05, 0) is 12.0 Å². The van der Waals surface area contributed by atoms with Gasteiger partial charge >= 0.3 is 0 Å². The molecular weight excluding hydrogens is 148 g/mol. The van der Waals surface area contributed by atoms with Crippen LogP contribution in [-0.2, 0) is 0 Å². The Bertz CT molecular complexity index is 193. The maximum atomic E-state index is 2.43. The van der Waals surface area contributed by atoms with Gasteiger partial charge in [-0.3, -0.25) is 0 Å². The van der Waals surface area contributed by atoms with Gasteiger partial charge in [-0.15, -0.1) is 0 Å². The number of hydrogen-bond donors (Lipinski definition) is 0. The first-order valence-electron chi connectivity index (χ1n) is 4.36. The molecule has 1 rings (SSSR count). The standard InChI is InChI=1S/C10H18Si/c1-9-6-5-7-10(9)8-11(2,3)4/h5-7,9H,8H2,1-4H3. The van der Waals surface area contributed by atoms with Crippen LogP contribution in [-0.4, -0.2) is 8.07 Å². The molecule has 0 saturated heterocycles. The van der Waals surface area contributed by atoms with Gasteiger partial charge in [0.2, 0.25) is 0 Å². The minimum absolute atomic E-state index is 0.710. The lowest BCUT2D eigenvalue weighted by molar-refractivity contribution is 0.875. The van der Waals surface area contributed by atoms with Crippen molar-refractivity contribution in [2.45, 2.75) is 32.6 Å². The summed E-state index contributed by atoms with van der Waals surface area (Å²) in [4.78, 5) is 0. The molecule has 0 aromatic rings. The molecule has 1 aliphatic rings. The lowest BCUT2D eigenvalue weighted by atomic mass is 10.1. The summed E-state index contributed by atoms with van der Waals surface area (Å²) in [5.41, 5.74) is 1.64. The largest absolute Gasteiger partial charge is 0.0776 e. The van der Waals surface area contributed by atoms with Crippen LogP contribution < -0.4 is 0 Å². The fourth-order valence-electron chi connectivity index (χ4n) is 1.45. The van der Waals surface area contributed by atoms with Crippen LogP contribution in [0.1, 0.15) is 6.92 Å². The van der Waals surface area contributed by atoms with Crippen LogP contribution in [0.15, 0.2) is 23.8 Å². The predicted octanol–water partition coefficient (Wildman–Crippen LogP) is 3.46. The first-order chi connectivity index (χ1) is 4.99.